The van der Waals surface area contributed by atoms with E-state index in [2.05, 4.69) is 37.3 Å². The van der Waals surface area contributed by atoms with Gasteiger partial charge >= 0.3 is 5.97 Å². The van der Waals surface area contributed by atoms with E-state index in [0.717, 1.165) is 19.3 Å². The highest BCUT2D eigenvalue weighted by Gasteiger charge is 2.64. The molecule has 0 aromatic heterocycles. The van der Waals surface area contributed by atoms with Crippen LogP contribution in [0.5, 0.6) is 0 Å². The lowest BCUT2D eigenvalue weighted by molar-refractivity contribution is -0.176. The molecule has 0 spiro atoms. The predicted octanol–water partition coefficient (Wildman–Crippen LogP) is 4.00. The molecule has 0 radical (unpaired) electrons. The van der Waals surface area contributed by atoms with Crippen LogP contribution in [-0.2, 0) is 10.2 Å². The Labute approximate surface area is 120 Å². The van der Waals surface area contributed by atoms with Crippen LogP contribution >= 0.6 is 0 Å². The molecule has 1 aromatic rings. The van der Waals surface area contributed by atoms with Crippen LogP contribution in [0.1, 0.15) is 51.0 Å². The number of carboxylic acids is 1. The molecule has 5 rings (SSSR count). The predicted molar refractivity (Wildman–Crippen MR) is 77.5 cm³/mol. The number of hydrogen-bond donors (Lipinski definition) is 1. The number of hydrogen-bond acceptors (Lipinski definition) is 1. The van der Waals surface area contributed by atoms with Gasteiger partial charge in [-0.15, -0.1) is 0 Å². The van der Waals surface area contributed by atoms with Gasteiger partial charge in [-0.05, 0) is 60.8 Å². The molecule has 0 saturated heterocycles. The standard InChI is InChI=1S/C18H22O2/c1-16-7-13-8-17(10-16,14-5-3-2-4-6-14)12-18(9-13,11-16)15(19)20/h2-6,13H,7-12H2,1H3,(H,19,20)/t13-,16+,17+,18?/m1/s1. The average molecular weight is 270 g/mol. The summed E-state index contributed by atoms with van der Waals surface area (Å²) in [7, 11) is 0. The van der Waals surface area contributed by atoms with E-state index in [-0.39, 0.29) is 10.8 Å². The second kappa shape index (κ2) is 3.66. The van der Waals surface area contributed by atoms with Crippen LogP contribution in [0.25, 0.3) is 0 Å². The summed E-state index contributed by atoms with van der Waals surface area (Å²) in [5.74, 6) is 0.0562. The van der Waals surface area contributed by atoms with E-state index in [1.165, 1.54) is 24.8 Å². The Morgan fingerprint density at radius 3 is 2.50 bits per heavy atom. The summed E-state index contributed by atoms with van der Waals surface area (Å²) >= 11 is 0. The zero-order valence-corrected chi connectivity index (χ0v) is 12.1. The minimum absolute atomic E-state index is 0.119. The highest BCUT2D eigenvalue weighted by molar-refractivity contribution is 5.76. The largest absolute Gasteiger partial charge is 0.481 e. The molecular weight excluding hydrogens is 248 g/mol. The normalized spacial score (nSPS) is 45.5. The summed E-state index contributed by atoms with van der Waals surface area (Å²) < 4.78 is 0. The van der Waals surface area contributed by atoms with Crippen molar-refractivity contribution in [2.24, 2.45) is 16.7 Å². The van der Waals surface area contributed by atoms with E-state index in [9.17, 15) is 9.90 Å². The summed E-state index contributed by atoms with van der Waals surface area (Å²) in [6, 6.07) is 10.7. The first-order chi connectivity index (χ1) is 9.46. The first kappa shape index (κ1) is 12.4. The molecule has 2 nitrogen and oxygen atoms in total. The fourth-order valence-electron chi connectivity index (χ4n) is 6.27. The molecule has 2 heteroatoms. The molecule has 4 bridgehead atoms. The van der Waals surface area contributed by atoms with E-state index in [4.69, 9.17) is 0 Å². The van der Waals surface area contributed by atoms with Gasteiger partial charge in [-0.2, -0.15) is 0 Å². The zero-order valence-electron chi connectivity index (χ0n) is 12.1. The maximum atomic E-state index is 12.0. The molecule has 0 aliphatic heterocycles. The fourth-order valence-corrected chi connectivity index (χ4v) is 6.27. The highest BCUT2D eigenvalue weighted by atomic mass is 16.4. The van der Waals surface area contributed by atoms with Crippen molar-refractivity contribution in [2.45, 2.75) is 50.9 Å². The molecule has 4 atom stereocenters. The number of carboxylic acid groups (broad SMARTS) is 1. The molecule has 4 aliphatic rings. The number of aliphatic carboxylic acids is 1. The molecule has 1 unspecified atom stereocenters. The van der Waals surface area contributed by atoms with E-state index in [1.54, 1.807) is 0 Å². The molecular formula is C18H22O2. The summed E-state index contributed by atoms with van der Waals surface area (Å²) in [4.78, 5) is 12.0. The molecule has 0 amide bonds. The molecule has 0 heterocycles. The molecule has 4 aliphatic carbocycles. The van der Waals surface area contributed by atoms with Gasteiger partial charge in [0.1, 0.15) is 0 Å². The van der Waals surface area contributed by atoms with Crippen molar-refractivity contribution in [1.29, 1.82) is 0 Å². The quantitative estimate of drug-likeness (QED) is 0.882. The summed E-state index contributed by atoms with van der Waals surface area (Å²) in [6.45, 7) is 2.33. The number of rotatable bonds is 2. The van der Waals surface area contributed by atoms with Gasteiger partial charge in [0.2, 0.25) is 0 Å². The Morgan fingerprint density at radius 2 is 1.85 bits per heavy atom. The van der Waals surface area contributed by atoms with E-state index >= 15 is 0 Å². The zero-order chi connectivity index (χ0) is 14.0. The van der Waals surface area contributed by atoms with Crippen molar-refractivity contribution in [3.8, 4) is 0 Å². The van der Waals surface area contributed by atoms with Gasteiger partial charge in [0.15, 0.2) is 0 Å². The fraction of sp³-hybridized carbons (Fsp3) is 0.611. The SMILES string of the molecule is C[C@@]12C[C@H]3CC(C(=O)O)(C1)C[C@](c1ccccc1)(C3)C2. The van der Waals surface area contributed by atoms with Crippen LogP contribution in [0.4, 0.5) is 0 Å². The Hall–Kier alpha value is -1.31. The lowest BCUT2D eigenvalue weighted by Gasteiger charge is -2.64. The Morgan fingerprint density at radius 1 is 1.10 bits per heavy atom. The highest BCUT2D eigenvalue weighted by Crippen LogP contribution is 2.69. The molecule has 4 saturated carbocycles. The second-order valence-corrected chi connectivity index (χ2v) is 8.05. The Kier molecular flexibility index (Phi) is 2.28. The topological polar surface area (TPSA) is 37.3 Å². The van der Waals surface area contributed by atoms with Gasteiger partial charge in [0.05, 0.1) is 5.41 Å². The Bertz CT molecular complexity index is 566. The van der Waals surface area contributed by atoms with Crippen molar-refractivity contribution in [2.75, 3.05) is 0 Å². The van der Waals surface area contributed by atoms with E-state index in [0.29, 0.717) is 5.92 Å². The minimum atomic E-state index is -0.548. The first-order valence-electron chi connectivity index (χ1n) is 7.75. The maximum absolute atomic E-state index is 12.0. The molecule has 1 aromatic carbocycles. The van der Waals surface area contributed by atoms with Crippen molar-refractivity contribution in [1.82, 2.24) is 0 Å². The number of benzene rings is 1. The summed E-state index contributed by atoms with van der Waals surface area (Å²) in [5.41, 5.74) is 1.27. The monoisotopic (exact) mass is 270 g/mol. The van der Waals surface area contributed by atoms with Crippen LogP contribution in [0, 0.1) is 16.7 Å². The maximum Gasteiger partial charge on any atom is 0.309 e. The first-order valence-corrected chi connectivity index (χ1v) is 7.75. The van der Waals surface area contributed by atoms with Crippen molar-refractivity contribution in [3.63, 3.8) is 0 Å². The molecule has 1 N–H and O–H groups in total. The van der Waals surface area contributed by atoms with Gasteiger partial charge in [-0.3, -0.25) is 4.79 Å². The van der Waals surface area contributed by atoms with Crippen molar-refractivity contribution >= 4 is 5.97 Å². The van der Waals surface area contributed by atoms with Gasteiger partial charge in [-0.25, -0.2) is 0 Å². The van der Waals surface area contributed by atoms with Crippen LogP contribution in [0.3, 0.4) is 0 Å². The Balaban J connectivity index is 1.85. The molecule has 20 heavy (non-hydrogen) atoms. The van der Waals surface area contributed by atoms with Crippen LogP contribution in [-0.4, -0.2) is 11.1 Å². The summed E-state index contributed by atoms with van der Waals surface area (Å²) in [6.07, 6.45) is 6.26. The third kappa shape index (κ3) is 1.54. The van der Waals surface area contributed by atoms with Crippen molar-refractivity contribution < 1.29 is 9.90 Å². The smallest absolute Gasteiger partial charge is 0.309 e. The van der Waals surface area contributed by atoms with Crippen LogP contribution in [0.2, 0.25) is 0 Å². The van der Waals surface area contributed by atoms with Gasteiger partial charge in [0.25, 0.3) is 0 Å². The third-order valence-corrected chi connectivity index (χ3v) is 6.19. The minimum Gasteiger partial charge on any atom is -0.481 e. The third-order valence-electron chi connectivity index (χ3n) is 6.19. The summed E-state index contributed by atoms with van der Waals surface area (Å²) in [5, 5.41) is 9.85. The van der Waals surface area contributed by atoms with E-state index < -0.39 is 11.4 Å². The van der Waals surface area contributed by atoms with E-state index in [1.807, 2.05) is 0 Å². The number of carbonyl (C=O) groups is 1. The second-order valence-electron chi connectivity index (χ2n) is 8.05. The molecule has 4 fully saturated rings. The van der Waals surface area contributed by atoms with Crippen LogP contribution < -0.4 is 0 Å². The molecule has 106 valence electrons. The van der Waals surface area contributed by atoms with Gasteiger partial charge < -0.3 is 5.11 Å². The van der Waals surface area contributed by atoms with Gasteiger partial charge in [-0.1, -0.05) is 37.3 Å². The lowest BCUT2D eigenvalue weighted by Crippen LogP contribution is -2.60. The van der Waals surface area contributed by atoms with Gasteiger partial charge in [0, 0.05) is 0 Å². The van der Waals surface area contributed by atoms with Crippen molar-refractivity contribution in [3.05, 3.63) is 35.9 Å². The van der Waals surface area contributed by atoms with Crippen LogP contribution in [0.15, 0.2) is 30.3 Å². The lowest BCUT2D eigenvalue weighted by atomic mass is 9.39. The average Bonchev–Trinajstić information content (AvgIpc) is 2.37.